The first-order valence-corrected chi connectivity index (χ1v) is 7.54. The average Bonchev–Trinajstić information content (AvgIpc) is 2.53. The Morgan fingerprint density at radius 1 is 1.24 bits per heavy atom. The van der Waals surface area contributed by atoms with Crippen molar-refractivity contribution in [2.45, 2.75) is 25.2 Å². The molecule has 0 aliphatic heterocycles. The van der Waals surface area contributed by atoms with Gasteiger partial charge in [-0.25, -0.2) is 0 Å². The molecule has 3 heteroatoms. The van der Waals surface area contributed by atoms with Gasteiger partial charge in [-0.05, 0) is 48.6 Å². The first kappa shape index (κ1) is 14.2. The van der Waals surface area contributed by atoms with Crippen LogP contribution in [0.15, 0.2) is 42.5 Å². The summed E-state index contributed by atoms with van der Waals surface area (Å²) in [4.78, 5) is 12.9. The number of ketones is 1. The van der Waals surface area contributed by atoms with Gasteiger partial charge in [-0.1, -0.05) is 35.9 Å². The molecule has 0 saturated carbocycles. The van der Waals surface area contributed by atoms with E-state index in [1.807, 2.05) is 12.1 Å². The van der Waals surface area contributed by atoms with Gasteiger partial charge >= 0.3 is 0 Å². The van der Waals surface area contributed by atoms with Crippen molar-refractivity contribution in [1.29, 1.82) is 0 Å². The van der Waals surface area contributed by atoms with E-state index in [1.54, 1.807) is 25.3 Å². The molecule has 0 saturated heterocycles. The fraction of sp³-hybridized carbons (Fsp3) is 0.278. The molecule has 1 aliphatic rings. The third kappa shape index (κ3) is 2.68. The summed E-state index contributed by atoms with van der Waals surface area (Å²) in [6.45, 7) is 0. The number of rotatable bonds is 3. The van der Waals surface area contributed by atoms with Crippen molar-refractivity contribution in [2.75, 3.05) is 7.11 Å². The first-order chi connectivity index (χ1) is 10.2. The minimum Gasteiger partial charge on any atom is -0.496 e. The Morgan fingerprint density at radius 3 is 2.86 bits per heavy atom. The highest BCUT2D eigenvalue weighted by Crippen LogP contribution is 2.36. The Labute approximate surface area is 129 Å². The van der Waals surface area contributed by atoms with Gasteiger partial charge in [0.2, 0.25) is 0 Å². The molecule has 0 heterocycles. The zero-order chi connectivity index (χ0) is 14.8. The Bertz CT molecular complexity index is 679. The number of benzene rings is 2. The summed E-state index contributed by atoms with van der Waals surface area (Å²) in [5.41, 5.74) is 3.06. The van der Waals surface area contributed by atoms with Gasteiger partial charge in [0.05, 0.1) is 12.7 Å². The highest BCUT2D eigenvalue weighted by Gasteiger charge is 2.28. The lowest BCUT2D eigenvalue weighted by molar-refractivity contribution is 0.0948. The summed E-state index contributed by atoms with van der Waals surface area (Å²) in [7, 11) is 1.57. The molecule has 1 aliphatic carbocycles. The van der Waals surface area contributed by atoms with E-state index in [-0.39, 0.29) is 11.7 Å². The van der Waals surface area contributed by atoms with E-state index in [0.717, 1.165) is 24.8 Å². The van der Waals surface area contributed by atoms with Gasteiger partial charge in [-0.3, -0.25) is 4.79 Å². The van der Waals surface area contributed by atoms with E-state index in [1.165, 1.54) is 5.56 Å². The Balaban J connectivity index is 2.00. The average molecular weight is 301 g/mol. The van der Waals surface area contributed by atoms with Crippen LogP contribution >= 0.6 is 11.6 Å². The lowest BCUT2D eigenvalue weighted by atomic mass is 9.79. The maximum Gasteiger partial charge on any atom is 0.174 e. The van der Waals surface area contributed by atoms with Crippen molar-refractivity contribution in [3.63, 3.8) is 0 Å². The lowest BCUT2D eigenvalue weighted by Crippen LogP contribution is -2.19. The lowest BCUT2D eigenvalue weighted by Gasteiger charge is -2.25. The molecule has 108 valence electrons. The number of aryl methyl sites for hydroxylation is 1. The van der Waals surface area contributed by atoms with Gasteiger partial charge in [0.25, 0.3) is 0 Å². The summed E-state index contributed by atoms with van der Waals surface area (Å²) in [5, 5.41) is 0.576. The molecule has 0 aromatic heterocycles. The second-order valence-electron chi connectivity index (χ2n) is 5.35. The van der Waals surface area contributed by atoms with Crippen molar-refractivity contribution in [2.24, 2.45) is 0 Å². The standard InChI is InChI=1S/C18H17ClO2/c1-21-17-11-13(19)9-10-16(17)18(20)15-8-4-6-12-5-2-3-7-14(12)15/h2-3,5,7,9-11,15H,4,6,8H2,1H3. The van der Waals surface area contributed by atoms with Gasteiger partial charge in [-0.2, -0.15) is 0 Å². The van der Waals surface area contributed by atoms with E-state index in [9.17, 15) is 4.79 Å². The topological polar surface area (TPSA) is 26.3 Å². The Kier molecular flexibility index (Phi) is 3.98. The van der Waals surface area contributed by atoms with Crippen LogP contribution in [0, 0.1) is 0 Å². The quantitative estimate of drug-likeness (QED) is 0.771. The number of carbonyl (C=O) groups excluding carboxylic acids is 1. The summed E-state index contributed by atoms with van der Waals surface area (Å²) in [6, 6.07) is 13.4. The second-order valence-corrected chi connectivity index (χ2v) is 5.79. The van der Waals surface area contributed by atoms with Crippen molar-refractivity contribution in [3.05, 3.63) is 64.2 Å². The predicted molar refractivity (Wildman–Crippen MR) is 84.5 cm³/mol. The number of hydrogen-bond acceptors (Lipinski definition) is 2. The summed E-state index contributed by atoms with van der Waals surface area (Å²) >= 11 is 5.98. The molecular weight excluding hydrogens is 284 g/mol. The van der Waals surface area contributed by atoms with Gasteiger partial charge in [-0.15, -0.1) is 0 Å². The van der Waals surface area contributed by atoms with Gasteiger partial charge in [0.15, 0.2) is 5.78 Å². The van der Waals surface area contributed by atoms with Gasteiger partial charge in [0, 0.05) is 10.9 Å². The molecule has 3 rings (SSSR count). The Hall–Kier alpha value is -1.80. The van der Waals surface area contributed by atoms with Crippen LogP contribution < -0.4 is 4.74 Å². The SMILES string of the molecule is COc1cc(Cl)ccc1C(=O)C1CCCc2ccccc21. The molecule has 2 nitrogen and oxygen atoms in total. The van der Waals surface area contributed by atoms with Crippen LogP contribution in [-0.4, -0.2) is 12.9 Å². The van der Waals surface area contributed by atoms with Crippen molar-refractivity contribution < 1.29 is 9.53 Å². The molecule has 1 unspecified atom stereocenters. The number of halogens is 1. The van der Waals surface area contributed by atoms with E-state index < -0.39 is 0 Å². The number of methoxy groups -OCH3 is 1. The number of fused-ring (bicyclic) bond motifs is 1. The number of Topliss-reactive ketones (excluding diaryl/α,β-unsaturated/α-hetero) is 1. The molecule has 0 bridgehead atoms. The molecule has 0 radical (unpaired) electrons. The van der Waals surface area contributed by atoms with E-state index in [0.29, 0.717) is 16.3 Å². The molecule has 0 N–H and O–H groups in total. The summed E-state index contributed by atoms with van der Waals surface area (Å²) in [6.07, 6.45) is 2.99. The number of ether oxygens (including phenoxy) is 1. The highest BCUT2D eigenvalue weighted by molar-refractivity contribution is 6.30. The highest BCUT2D eigenvalue weighted by atomic mass is 35.5. The van der Waals surface area contributed by atoms with Crippen molar-refractivity contribution >= 4 is 17.4 Å². The van der Waals surface area contributed by atoms with Gasteiger partial charge in [0.1, 0.15) is 5.75 Å². The zero-order valence-corrected chi connectivity index (χ0v) is 12.7. The van der Waals surface area contributed by atoms with Crippen LogP contribution in [0.25, 0.3) is 0 Å². The number of hydrogen-bond donors (Lipinski definition) is 0. The van der Waals surface area contributed by atoms with E-state index in [2.05, 4.69) is 12.1 Å². The van der Waals surface area contributed by atoms with E-state index >= 15 is 0 Å². The van der Waals surface area contributed by atoms with Crippen LogP contribution in [-0.2, 0) is 6.42 Å². The molecule has 0 amide bonds. The maximum absolute atomic E-state index is 12.9. The molecule has 1 atom stereocenters. The monoisotopic (exact) mass is 300 g/mol. The van der Waals surface area contributed by atoms with Crippen molar-refractivity contribution in [1.82, 2.24) is 0 Å². The smallest absolute Gasteiger partial charge is 0.174 e. The normalized spacial score (nSPS) is 17.1. The molecule has 0 spiro atoms. The molecule has 0 fully saturated rings. The summed E-state index contributed by atoms with van der Waals surface area (Å²) < 4.78 is 5.32. The summed E-state index contributed by atoms with van der Waals surface area (Å²) in [5.74, 6) is 0.594. The molecule has 2 aromatic carbocycles. The van der Waals surface area contributed by atoms with Gasteiger partial charge < -0.3 is 4.74 Å². The molecule has 21 heavy (non-hydrogen) atoms. The second kappa shape index (κ2) is 5.90. The largest absolute Gasteiger partial charge is 0.496 e. The van der Waals surface area contributed by atoms with Crippen molar-refractivity contribution in [3.8, 4) is 5.75 Å². The van der Waals surface area contributed by atoms with Crippen LogP contribution in [0.4, 0.5) is 0 Å². The van der Waals surface area contributed by atoms with Crippen LogP contribution in [0.1, 0.15) is 40.2 Å². The third-order valence-electron chi connectivity index (χ3n) is 4.11. The molecular formula is C18H17ClO2. The van der Waals surface area contributed by atoms with Crippen LogP contribution in [0.5, 0.6) is 5.75 Å². The third-order valence-corrected chi connectivity index (χ3v) is 4.35. The predicted octanol–water partition coefficient (Wildman–Crippen LogP) is 4.65. The first-order valence-electron chi connectivity index (χ1n) is 7.16. The fourth-order valence-electron chi connectivity index (χ4n) is 3.08. The maximum atomic E-state index is 12.9. The van der Waals surface area contributed by atoms with Crippen LogP contribution in [0.2, 0.25) is 5.02 Å². The molecule has 2 aromatic rings. The minimum atomic E-state index is -0.0787. The Morgan fingerprint density at radius 2 is 2.05 bits per heavy atom. The number of carbonyl (C=O) groups is 1. The van der Waals surface area contributed by atoms with E-state index in [4.69, 9.17) is 16.3 Å². The minimum absolute atomic E-state index is 0.0787. The van der Waals surface area contributed by atoms with Crippen LogP contribution in [0.3, 0.4) is 0 Å². The zero-order valence-electron chi connectivity index (χ0n) is 11.9. The fourth-order valence-corrected chi connectivity index (χ4v) is 3.24.